The van der Waals surface area contributed by atoms with Gasteiger partial charge in [0.05, 0.1) is 4.92 Å². The normalized spacial score (nSPS) is 10.3. The molecule has 1 N–H and O–H groups in total. The van der Waals surface area contributed by atoms with Crippen molar-refractivity contribution in [1.82, 2.24) is 19.3 Å². The van der Waals surface area contributed by atoms with Crippen molar-refractivity contribution in [2.24, 2.45) is 0 Å². The van der Waals surface area contributed by atoms with Gasteiger partial charge >= 0.3 is 5.69 Å². The molecule has 0 aromatic carbocycles. The van der Waals surface area contributed by atoms with Gasteiger partial charge in [0, 0.05) is 7.05 Å². The lowest BCUT2D eigenvalue weighted by Crippen LogP contribution is -2.00. The molecule has 0 amide bonds. The van der Waals surface area contributed by atoms with Gasteiger partial charge in [-0.15, -0.1) is 0 Å². The van der Waals surface area contributed by atoms with Crippen LogP contribution in [0.5, 0.6) is 0 Å². The van der Waals surface area contributed by atoms with E-state index in [1.807, 2.05) is 0 Å². The Kier molecular flexibility index (Phi) is 3.67. The lowest BCUT2D eigenvalue weighted by Gasteiger charge is -2.01. The van der Waals surface area contributed by atoms with Crippen LogP contribution in [0.25, 0.3) is 0 Å². The van der Waals surface area contributed by atoms with Crippen LogP contribution in [-0.2, 0) is 0 Å². The molecule has 94 valence electrons. The highest BCUT2D eigenvalue weighted by Gasteiger charge is 2.19. The van der Waals surface area contributed by atoms with Crippen LogP contribution in [0.15, 0.2) is 15.6 Å². The average Bonchev–Trinajstić information content (AvgIpc) is 2.74. The first kappa shape index (κ1) is 12.6. The molecular formula is C8H8N6O2S2. The molecule has 2 aromatic rings. The standard InChI is InChI=1S/C8H8N6O2S2/c1-4-11-8(18-13-4)17-6-5(14(15)16)3-10-7(9-2)12-6/h3H,1-2H3,(H,9,10,12). The predicted octanol–water partition coefficient (Wildman–Crippen LogP) is 1.74. The second-order valence-electron chi connectivity index (χ2n) is 3.10. The molecule has 0 atom stereocenters. The smallest absolute Gasteiger partial charge is 0.320 e. The number of anilines is 1. The highest BCUT2D eigenvalue weighted by Crippen LogP contribution is 2.33. The van der Waals surface area contributed by atoms with Gasteiger partial charge in [-0.05, 0) is 30.2 Å². The van der Waals surface area contributed by atoms with Gasteiger partial charge in [-0.2, -0.15) is 9.36 Å². The summed E-state index contributed by atoms with van der Waals surface area (Å²) in [4.78, 5) is 22.4. The summed E-state index contributed by atoms with van der Waals surface area (Å²) in [6.45, 7) is 1.76. The maximum Gasteiger partial charge on any atom is 0.320 e. The number of aromatic nitrogens is 4. The van der Waals surface area contributed by atoms with Gasteiger partial charge in [0.1, 0.15) is 12.0 Å². The third-order valence-electron chi connectivity index (χ3n) is 1.85. The van der Waals surface area contributed by atoms with Crippen LogP contribution in [0.4, 0.5) is 11.6 Å². The zero-order valence-electron chi connectivity index (χ0n) is 9.45. The summed E-state index contributed by atoms with van der Waals surface area (Å²) in [6, 6.07) is 0. The average molecular weight is 284 g/mol. The number of nitrogens with one attached hydrogen (secondary N) is 1. The van der Waals surface area contributed by atoms with Crippen molar-refractivity contribution in [3.63, 3.8) is 0 Å². The Balaban J connectivity index is 2.37. The number of hydrogen-bond donors (Lipinski definition) is 1. The van der Waals surface area contributed by atoms with E-state index in [0.717, 1.165) is 11.8 Å². The van der Waals surface area contributed by atoms with Crippen LogP contribution in [0.2, 0.25) is 0 Å². The first-order chi connectivity index (χ1) is 8.60. The Morgan fingerprint density at radius 2 is 2.28 bits per heavy atom. The quantitative estimate of drug-likeness (QED) is 0.514. The largest absolute Gasteiger partial charge is 0.357 e. The van der Waals surface area contributed by atoms with Gasteiger partial charge in [0.2, 0.25) is 5.95 Å². The van der Waals surface area contributed by atoms with Gasteiger partial charge in [-0.1, -0.05) is 0 Å². The van der Waals surface area contributed by atoms with Crippen LogP contribution in [-0.4, -0.2) is 31.3 Å². The molecule has 0 fully saturated rings. The highest BCUT2D eigenvalue weighted by atomic mass is 32.2. The lowest BCUT2D eigenvalue weighted by molar-refractivity contribution is -0.388. The Labute approximate surface area is 110 Å². The zero-order valence-corrected chi connectivity index (χ0v) is 11.1. The minimum absolute atomic E-state index is 0.146. The molecule has 0 aliphatic heterocycles. The molecule has 10 heteroatoms. The summed E-state index contributed by atoms with van der Waals surface area (Å²) >= 11 is 2.28. The van der Waals surface area contributed by atoms with Crippen molar-refractivity contribution in [2.75, 3.05) is 12.4 Å². The van der Waals surface area contributed by atoms with Crippen LogP contribution in [0, 0.1) is 17.0 Å². The molecule has 0 bridgehead atoms. The van der Waals surface area contributed by atoms with E-state index in [1.54, 1.807) is 14.0 Å². The SMILES string of the molecule is CNc1ncc([N+](=O)[O-])c(Sc2nc(C)ns2)n1. The van der Waals surface area contributed by atoms with Crippen molar-refractivity contribution in [2.45, 2.75) is 16.3 Å². The summed E-state index contributed by atoms with van der Waals surface area (Å²) in [5, 5.41) is 13.9. The van der Waals surface area contributed by atoms with E-state index in [4.69, 9.17) is 0 Å². The van der Waals surface area contributed by atoms with E-state index >= 15 is 0 Å². The van der Waals surface area contributed by atoms with E-state index in [1.165, 1.54) is 17.7 Å². The zero-order chi connectivity index (χ0) is 13.1. The van der Waals surface area contributed by atoms with Crippen molar-refractivity contribution in [3.8, 4) is 0 Å². The Hall–Kier alpha value is -1.81. The molecule has 0 saturated carbocycles. The van der Waals surface area contributed by atoms with Crippen molar-refractivity contribution >= 4 is 34.9 Å². The van der Waals surface area contributed by atoms with Crippen LogP contribution < -0.4 is 5.32 Å². The fourth-order valence-electron chi connectivity index (χ4n) is 1.08. The number of nitro groups is 1. The maximum absolute atomic E-state index is 10.9. The molecule has 0 aliphatic carbocycles. The van der Waals surface area contributed by atoms with E-state index in [-0.39, 0.29) is 10.7 Å². The topological polar surface area (TPSA) is 107 Å². The first-order valence-electron chi connectivity index (χ1n) is 4.77. The van der Waals surface area contributed by atoms with Crippen molar-refractivity contribution in [3.05, 3.63) is 22.1 Å². The minimum Gasteiger partial charge on any atom is -0.357 e. The molecule has 0 aliphatic rings. The molecule has 0 spiro atoms. The molecule has 2 heterocycles. The molecule has 8 nitrogen and oxygen atoms in total. The summed E-state index contributed by atoms with van der Waals surface area (Å²) in [6.07, 6.45) is 1.18. The van der Waals surface area contributed by atoms with E-state index in [2.05, 4.69) is 24.6 Å². The van der Waals surface area contributed by atoms with Gasteiger partial charge in [-0.25, -0.2) is 9.97 Å². The second kappa shape index (κ2) is 5.23. The molecule has 0 unspecified atom stereocenters. The van der Waals surface area contributed by atoms with Crippen LogP contribution in [0.1, 0.15) is 5.82 Å². The van der Waals surface area contributed by atoms with Crippen LogP contribution in [0.3, 0.4) is 0 Å². The molecular weight excluding hydrogens is 276 g/mol. The molecule has 2 aromatic heterocycles. The maximum atomic E-state index is 10.9. The van der Waals surface area contributed by atoms with Crippen molar-refractivity contribution < 1.29 is 4.92 Å². The van der Waals surface area contributed by atoms with Gasteiger partial charge in [0.25, 0.3) is 0 Å². The number of aryl methyl sites for hydroxylation is 1. The fraction of sp³-hybridized carbons (Fsp3) is 0.250. The number of rotatable bonds is 4. The van der Waals surface area contributed by atoms with E-state index < -0.39 is 4.92 Å². The molecule has 2 rings (SSSR count). The third-order valence-corrected chi connectivity index (χ3v) is 3.69. The first-order valence-corrected chi connectivity index (χ1v) is 6.36. The van der Waals surface area contributed by atoms with E-state index in [0.29, 0.717) is 16.1 Å². The van der Waals surface area contributed by atoms with E-state index in [9.17, 15) is 10.1 Å². The fourth-order valence-corrected chi connectivity index (χ4v) is 2.71. The van der Waals surface area contributed by atoms with Gasteiger partial charge in [-0.3, -0.25) is 10.1 Å². The van der Waals surface area contributed by atoms with Crippen LogP contribution >= 0.6 is 23.3 Å². The highest BCUT2D eigenvalue weighted by molar-refractivity contribution is 8.01. The number of nitrogens with zero attached hydrogens (tertiary/aromatic N) is 5. The Morgan fingerprint density at radius 1 is 1.50 bits per heavy atom. The molecule has 18 heavy (non-hydrogen) atoms. The summed E-state index contributed by atoms with van der Waals surface area (Å²) in [7, 11) is 1.64. The third kappa shape index (κ3) is 2.71. The second-order valence-corrected chi connectivity index (χ2v) is 5.09. The van der Waals surface area contributed by atoms with Gasteiger partial charge in [0.15, 0.2) is 9.37 Å². The lowest BCUT2D eigenvalue weighted by atomic mass is 10.5. The molecule has 0 saturated heterocycles. The Bertz CT molecular complexity index is 587. The van der Waals surface area contributed by atoms with Gasteiger partial charge < -0.3 is 5.32 Å². The minimum atomic E-state index is -0.518. The molecule has 0 radical (unpaired) electrons. The summed E-state index contributed by atoms with van der Waals surface area (Å²) in [5.74, 6) is 0.956. The monoisotopic (exact) mass is 284 g/mol. The Morgan fingerprint density at radius 3 is 2.83 bits per heavy atom. The predicted molar refractivity (Wildman–Crippen MR) is 67.0 cm³/mol. The summed E-state index contributed by atoms with van der Waals surface area (Å²) in [5.41, 5.74) is -0.146. The van der Waals surface area contributed by atoms with Crippen molar-refractivity contribution in [1.29, 1.82) is 0 Å². The summed E-state index contributed by atoms with van der Waals surface area (Å²) < 4.78 is 4.62. The number of hydrogen-bond acceptors (Lipinski definition) is 9.